The molecule has 0 fully saturated rings. The molecule has 1 nitrogen and oxygen atoms in total. The van der Waals surface area contributed by atoms with Crippen LogP contribution in [0.3, 0.4) is 0 Å². The van der Waals surface area contributed by atoms with Crippen molar-refractivity contribution in [2.45, 2.75) is 6.54 Å². The normalized spacial score (nSPS) is 8.00. The molecular weight excluding hydrogens is 301 g/mol. The topological polar surface area (TPSA) is 26.0 Å². The molecule has 0 aliphatic heterocycles. The molecule has 0 aromatic heterocycles. The standard InChI is InChI=1S/C7H7FN.2BrH.Mg/c8-7-3-1-6(5-9)2-4-7;;;/h1-3H,5,9H2;2*1H;/q;;;+2/p-2. The Morgan fingerprint density at radius 3 is 2.42 bits per heavy atom. The van der Waals surface area contributed by atoms with E-state index in [1.807, 2.05) is 0 Å². The summed E-state index contributed by atoms with van der Waals surface area (Å²) in [6.45, 7) is 0.441. The third-order valence-electron chi connectivity index (χ3n) is 1.07. The second-order valence-corrected chi connectivity index (χ2v) is 9.93. The van der Waals surface area contributed by atoms with Crippen LogP contribution in [0.25, 0.3) is 0 Å². The fraction of sp³-hybridized carbons (Fsp3) is 0.143. The zero-order valence-electron chi connectivity index (χ0n) is 6.36. The molecular formula is C7H7Br2FMgN. The number of benzene rings is 1. The van der Waals surface area contributed by atoms with E-state index in [1.54, 1.807) is 12.1 Å². The summed E-state index contributed by atoms with van der Waals surface area (Å²) in [5, 5.41) is 0. The highest BCUT2D eigenvalue weighted by molar-refractivity contribution is 9.47. The van der Waals surface area contributed by atoms with Gasteiger partial charge in [-0.3, -0.25) is 25.8 Å². The van der Waals surface area contributed by atoms with Gasteiger partial charge in [-0.2, -0.15) is 0 Å². The molecule has 1 rings (SSSR count). The van der Waals surface area contributed by atoms with Crippen LogP contribution in [-0.4, -0.2) is 16.0 Å². The van der Waals surface area contributed by atoms with Crippen molar-refractivity contribution >= 4 is 41.8 Å². The van der Waals surface area contributed by atoms with Gasteiger partial charge in [0.25, 0.3) is 0 Å². The van der Waals surface area contributed by atoms with Gasteiger partial charge in [0.15, 0.2) is 0 Å². The van der Waals surface area contributed by atoms with E-state index >= 15 is 0 Å². The van der Waals surface area contributed by atoms with Crippen LogP contribution in [0.1, 0.15) is 5.56 Å². The Kier molecular flexibility index (Phi) is 9.02. The zero-order chi connectivity index (χ0) is 9.40. The van der Waals surface area contributed by atoms with Crippen LogP contribution in [0.4, 0.5) is 4.39 Å². The highest BCUT2D eigenvalue weighted by Gasteiger charge is 1.88. The Bertz CT molecular complexity index is 205. The van der Waals surface area contributed by atoms with Gasteiger partial charge in [-0.15, -0.1) is 0 Å². The first-order valence-corrected chi connectivity index (χ1v) is 11.0. The highest BCUT2D eigenvalue weighted by atomic mass is 79.9. The predicted molar refractivity (Wildman–Crippen MR) is 56.7 cm³/mol. The Morgan fingerprint density at radius 1 is 1.50 bits per heavy atom. The SMILES string of the molecule is NCc1c[c]c(F)cc1.[Br][Mg][Br]. The Morgan fingerprint density at radius 2 is 2.08 bits per heavy atom. The van der Waals surface area contributed by atoms with Crippen molar-refractivity contribution in [1.29, 1.82) is 0 Å². The molecule has 12 heavy (non-hydrogen) atoms. The number of halogens is 3. The molecule has 0 aliphatic carbocycles. The number of nitrogens with two attached hydrogens (primary N) is 1. The van der Waals surface area contributed by atoms with Crippen LogP contribution < -0.4 is 5.73 Å². The van der Waals surface area contributed by atoms with Gasteiger partial charge in [0.05, 0.1) is 0 Å². The average Bonchev–Trinajstić information content (AvgIpc) is 2.07. The first-order chi connectivity index (χ1) is 5.74. The minimum Gasteiger partial charge on any atom is -0.326 e. The van der Waals surface area contributed by atoms with Crippen LogP contribution in [0.15, 0.2) is 18.2 Å². The van der Waals surface area contributed by atoms with Crippen molar-refractivity contribution in [2.75, 3.05) is 0 Å². The summed E-state index contributed by atoms with van der Waals surface area (Å²) in [5.74, 6) is -0.341. The van der Waals surface area contributed by atoms with Crippen molar-refractivity contribution in [1.82, 2.24) is 0 Å². The van der Waals surface area contributed by atoms with E-state index in [0.29, 0.717) is 6.54 Å². The summed E-state index contributed by atoms with van der Waals surface area (Å²) in [7, 11) is 0. The highest BCUT2D eigenvalue weighted by Crippen LogP contribution is 1.99. The smallest absolute Gasteiger partial charge is 0.326 e. The van der Waals surface area contributed by atoms with E-state index in [4.69, 9.17) is 5.73 Å². The van der Waals surface area contributed by atoms with Crippen LogP contribution in [0, 0.1) is 11.9 Å². The first kappa shape index (κ1) is 12.8. The molecule has 0 heterocycles. The Balaban J connectivity index is 0.000000354. The lowest BCUT2D eigenvalue weighted by Crippen LogP contribution is -1.95. The average molecular weight is 308 g/mol. The molecule has 63 valence electrons. The molecule has 0 amide bonds. The van der Waals surface area contributed by atoms with Crippen LogP contribution in [0.2, 0.25) is 0 Å². The monoisotopic (exact) mass is 306 g/mol. The lowest BCUT2D eigenvalue weighted by molar-refractivity contribution is 0.624. The van der Waals surface area contributed by atoms with Gasteiger partial charge in [0.2, 0.25) is 0 Å². The number of rotatable bonds is 1. The van der Waals surface area contributed by atoms with Gasteiger partial charge in [-0.05, 0) is 17.7 Å². The predicted octanol–water partition coefficient (Wildman–Crippen LogP) is 2.39. The van der Waals surface area contributed by atoms with Crippen molar-refractivity contribution in [3.8, 4) is 0 Å². The first-order valence-electron chi connectivity index (χ1n) is 3.22. The summed E-state index contributed by atoms with van der Waals surface area (Å²) < 4.78 is 12.1. The summed E-state index contributed by atoms with van der Waals surface area (Å²) in [5.41, 5.74) is 6.16. The molecule has 1 radical (unpaired) electrons. The fourth-order valence-electron chi connectivity index (χ4n) is 0.565. The minimum absolute atomic E-state index is 0.0417. The Hall–Kier alpha value is 0.836. The van der Waals surface area contributed by atoms with Crippen LogP contribution in [0.5, 0.6) is 0 Å². The van der Waals surface area contributed by atoms with E-state index in [9.17, 15) is 4.39 Å². The molecule has 1 aromatic rings. The van der Waals surface area contributed by atoms with E-state index in [2.05, 4.69) is 31.8 Å². The molecule has 1 aromatic carbocycles. The largest absolute Gasteiger partial charge is 0.560 e. The van der Waals surface area contributed by atoms with Crippen molar-refractivity contribution in [3.63, 3.8) is 0 Å². The maximum Gasteiger partial charge on any atom is 0.560 e. The molecule has 0 unspecified atom stereocenters. The van der Waals surface area contributed by atoms with Crippen molar-refractivity contribution < 1.29 is 4.39 Å². The zero-order valence-corrected chi connectivity index (χ0v) is 10.9. The van der Waals surface area contributed by atoms with Crippen LogP contribution in [-0.2, 0) is 6.54 Å². The third-order valence-corrected chi connectivity index (χ3v) is 1.07. The van der Waals surface area contributed by atoms with E-state index in [0.717, 1.165) is 5.56 Å². The molecule has 0 saturated carbocycles. The number of hydrogen-bond donors (Lipinski definition) is 1. The molecule has 0 atom stereocenters. The molecule has 0 spiro atoms. The molecule has 2 N–H and O–H groups in total. The Labute approximate surface area is 93.4 Å². The van der Waals surface area contributed by atoms with Gasteiger partial charge in [-0.1, -0.05) is 6.07 Å². The molecule has 0 bridgehead atoms. The minimum atomic E-state index is -0.341. The van der Waals surface area contributed by atoms with Crippen molar-refractivity contribution in [2.24, 2.45) is 5.73 Å². The summed E-state index contributed by atoms with van der Waals surface area (Å²) >= 11 is 6.44. The second-order valence-electron chi connectivity index (χ2n) is 1.85. The van der Waals surface area contributed by atoms with Gasteiger partial charge in [0.1, 0.15) is 5.82 Å². The molecule has 0 aliphatic rings. The van der Waals surface area contributed by atoms with Gasteiger partial charge in [0, 0.05) is 12.6 Å². The quantitative estimate of drug-likeness (QED) is 0.792. The van der Waals surface area contributed by atoms with Gasteiger partial charge < -0.3 is 5.73 Å². The maximum atomic E-state index is 12.1. The van der Waals surface area contributed by atoms with Crippen molar-refractivity contribution in [3.05, 3.63) is 35.6 Å². The summed E-state index contributed by atoms with van der Waals surface area (Å²) in [6, 6.07) is 6.95. The van der Waals surface area contributed by atoms with E-state index in [1.165, 1.54) is 6.07 Å². The number of hydrogen-bond acceptors (Lipinski definition) is 1. The van der Waals surface area contributed by atoms with Gasteiger partial charge >= 0.3 is 16.0 Å². The maximum absolute atomic E-state index is 12.1. The van der Waals surface area contributed by atoms with E-state index < -0.39 is 0 Å². The lowest BCUT2D eigenvalue weighted by atomic mass is 10.2. The van der Waals surface area contributed by atoms with Gasteiger partial charge in [-0.25, -0.2) is 4.39 Å². The fourth-order valence-corrected chi connectivity index (χ4v) is 0.565. The summed E-state index contributed by atoms with van der Waals surface area (Å²) in [4.78, 5) is 0. The third kappa shape index (κ3) is 6.36. The van der Waals surface area contributed by atoms with Crippen LogP contribution >= 0.6 is 25.8 Å². The molecule has 5 heteroatoms. The summed E-state index contributed by atoms with van der Waals surface area (Å²) in [6.07, 6.45) is 0. The lowest BCUT2D eigenvalue weighted by Gasteiger charge is -1.91. The second kappa shape index (κ2) is 8.44. The van der Waals surface area contributed by atoms with E-state index in [-0.39, 0.29) is 21.8 Å². The molecule has 0 saturated heterocycles.